The van der Waals surface area contributed by atoms with Crippen LogP contribution in [0.3, 0.4) is 0 Å². The Labute approximate surface area is 153 Å². The van der Waals surface area contributed by atoms with E-state index in [-0.39, 0.29) is 17.4 Å². The van der Waals surface area contributed by atoms with E-state index in [1.54, 1.807) is 12.5 Å². The van der Waals surface area contributed by atoms with Gasteiger partial charge in [0, 0.05) is 36.9 Å². The number of ether oxygens (including phenoxy) is 2. The van der Waals surface area contributed by atoms with Crippen molar-refractivity contribution >= 4 is 5.91 Å². The van der Waals surface area contributed by atoms with Gasteiger partial charge >= 0.3 is 0 Å². The van der Waals surface area contributed by atoms with E-state index < -0.39 is 0 Å². The second-order valence-corrected chi connectivity index (χ2v) is 7.23. The van der Waals surface area contributed by atoms with E-state index >= 15 is 0 Å². The first-order valence-electron chi connectivity index (χ1n) is 9.11. The summed E-state index contributed by atoms with van der Waals surface area (Å²) in [4.78, 5) is 19.0. The van der Waals surface area contributed by atoms with Crippen molar-refractivity contribution in [2.24, 2.45) is 5.41 Å². The van der Waals surface area contributed by atoms with E-state index in [1.807, 2.05) is 36.1 Å². The first-order chi connectivity index (χ1) is 12.7. The van der Waals surface area contributed by atoms with Gasteiger partial charge in [0.05, 0.1) is 31.3 Å². The molecule has 2 aliphatic rings. The van der Waals surface area contributed by atoms with Gasteiger partial charge in [-0.2, -0.15) is 0 Å². The van der Waals surface area contributed by atoms with Crippen LogP contribution in [0.15, 0.2) is 41.1 Å². The van der Waals surface area contributed by atoms with E-state index in [1.165, 1.54) is 0 Å². The molecule has 2 atom stereocenters. The average Bonchev–Trinajstić information content (AvgIpc) is 3.27. The number of likely N-dealkylation sites (tertiary alicyclic amines) is 1. The van der Waals surface area contributed by atoms with E-state index in [0.29, 0.717) is 32.1 Å². The Bertz CT molecular complexity index is 760. The fraction of sp³-hybridized carbons (Fsp3) is 0.500. The van der Waals surface area contributed by atoms with Crippen LogP contribution in [0.25, 0.3) is 0 Å². The molecule has 6 heteroatoms. The maximum atomic E-state index is 12.8. The molecule has 0 aromatic carbocycles. The largest absolute Gasteiger partial charge is 0.459 e. The lowest BCUT2D eigenvalue weighted by molar-refractivity contribution is -0.0610. The number of fused-ring (bicyclic) bond motifs is 1. The summed E-state index contributed by atoms with van der Waals surface area (Å²) >= 11 is 0. The molecule has 4 rings (SSSR count). The number of aromatic nitrogens is 1. The Hall–Kier alpha value is -2.18. The highest BCUT2D eigenvalue weighted by Crippen LogP contribution is 2.41. The fourth-order valence-corrected chi connectivity index (χ4v) is 4.01. The van der Waals surface area contributed by atoms with Gasteiger partial charge in [0.2, 0.25) is 0 Å². The number of carbonyl (C=O) groups is 1. The van der Waals surface area contributed by atoms with Crippen molar-refractivity contribution in [2.75, 3.05) is 26.3 Å². The van der Waals surface area contributed by atoms with Gasteiger partial charge in [0.1, 0.15) is 0 Å². The molecule has 2 aliphatic heterocycles. The van der Waals surface area contributed by atoms with E-state index in [4.69, 9.17) is 13.9 Å². The Morgan fingerprint density at radius 1 is 1.42 bits per heavy atom. The normalized spacial score (nSPS) is 25.3. The number of amides is 1. The van der Waals surface area contributed by atoms with Crippen molar-refractivity contribution in [3.8, 4) is 0 Å². The summed E-state index contributed by atoms with van der Waals surface area (Å²) in [7, 11) is 0. The topological polar surface area (TPSA) is 64.8 Å². The smallest absolute Gasteiger partial charge is 0.289 e. The van der Waals surface area contributed by atoms with Gasteiger partial charge in [-0.3, -0.25) is 9.78 Å². The Kier molecular flexibility index (Phi) is 4.78. The maximum Gasteiger partial charge on any atom is 0.289 e. The predicted octanol–water partition coefficient (Wildman–Crippen LogP) is 2.82. The molecule has 138 valence electrons. The molecular weight excluding hydrogens is 332 g/mol. The van der Waals surface area contributed by atoms with Gasteiger partial charge in [0.25, 0.3) is 5.91 Å². The molecule has 2 aromatic rings. The van der Waals surface area contributed by atoms with E-state index in [2.05, 4.69) is 4.98 Å². The molecule has 1 amide bonds. The summed E-state index contributed by atoms with van der Waals surface area (Å²) < 4.78 is 17.4. The maximum absolute atomic E-state index is 12.8. The Balaban J connectivity index is 1.44. The molecule has 6 nitrogen and oxygen atoms in total. The van der Waals surface area contributed by atoms with E-state index in [9.17, 15) is 4.79 Å². The molecule has 0 spiro atoms. The quantitative estimate of drug-likeness (QED) is 0.824. The van der Waals surface area contributed by atoms with Crippen LogP contribution in [0.1, 0.15) is 34.7 Å². The van der Waals surface area contributed by atoms with Crippen LogP contribution in [0, 0.1) is 12.3 Å². The zero-order chi connectivity index (χ0) is 18.0. The van der Waals surface area contributed by atoms with Crippen molar-refractivity contribution in [3.05, 3.63) is 53.7 Å². The van der Waals surface area contributed by atoms with Crippen LogP contribution in [-0.4, -0.2) is 48.2 Å². The Morgan fingerprint density at radius 2 is 2.35 bits per heavy atom. The van der Waals surface area contributed by atoms with Crippen molar-refractivity contribution in [1.29, 1.82) is 0 Å². The lowest BCUT2D eigenvalue weighted by Crippen LogP contribution is -2.53. The molecule has 0 radical (unpaired) electrons. The number of hydrogen-bond donors (Lipinski definition) is 0. The first kappa shape index (κ1) is 17.2. The minimum Gasteiger partial charge on any atom is -0.459 e. The number of aryl methyl sites for hydroxylation is 1. The summed E-state index contributed by atoms with van der Waals surface area (Å²) in [6.07, 6.45) is 5.22. The number of piperidine rings is 1. The first-order valence-corrected chi connectivity index (χ1v) is 9.11. The lowest BCUT2D eigenvalue weighted by atomic mass is 9.77. The van der Waals surface area contributed by atoms with Crippen LogP contribution in [-0.2, 0) is 16.1 Å². The Morgan fingerprint density at radius 3 is 3.12 bits per heavy atom. The standard InChI is InChI=1S/C20H24N2O4/c1-15-6-10-26-18(15)19(23)22-9-5-17-20(13-22,7-11-25-17)14-24-12-16-4-2-3-8-21-16/h2-4,6,8,10,17H,5,7,9,11-14H2,1H3/t17-,20+/m0/s1. The van der Waals surface area contributed by atoms with Gasteiger partial charge in [-0.05, 0) is 38.0 Å². The van der Waals surface area contributed by atoms with Gasteiger partial charge in [-0.25, -0.2) is 0 Å². The number of nitrogens with zero attached hydrogens (tertiary/aromatic N) is 2. The summed E-state index contributed by atoms with van der Waals surface area (Å²) in [5.41, 5.74) is 1.64. The molecule has 4 heterocycles. The van der Waals surface area contributed by atoms with Crippen LogP contribution in [0.5, 0.6) is 0 Å². The van der Waals surface area contributed by atoms with Crippen LogP contribution in [0.4, 0.5) is 0 Å². The summed E-state index contributed by atoms with van der Waals surface area (Å²) in [6.45, 7) is 4.98. The molecule has 0 saturated carbocycles. The van der Waals surface area contributed by atoms with Crippen molar-refractivity contribution in [3.63, 3.8) is 0 Å². The van der Waals surface area contributed by atoms with Gasteiger partial charge in [0.15, 0.2) is 5.76 Å². The fourth-order valence-electron chi connectivity index (χ4n) is 4.01. The van der Waals surface area contributed by atoms with Crippen LogP contribution < -0.4 is 0 Å². The van der Waals surface area contributed by atoms with Crippen molar-refractivity contribution < 1.29 is 18.7 Å². The highest BCUT2D eigenvalue weighted by Gasteiger charge is 2.49. The molecule has 26 heavy (non-hydrogen) atoms. The molecule has 0 unspecified atom stereocenters. The highest BCUT2D eigenvalue weighted by molar-refractivity contribution is 5.93. The second-order valence-electron chi connectivity index (χ2n) is 7.23. The SMILES string of the molecule is Cc1ccoc1C(=O)N1CC[C@@H]2OCC[C@]2(COCc2ccccn2)C1. The third-order valence-corrected chi connectivity index (χ3v) is 5.48. The number of rotatable bonds is 5. The molecule has 2 saturated heterocycles. The molecule has 2 aromatic heterocycles. The summed E-state index contributed by atoms with van der Waals surface area (Å²) in [5, 5.41) is 0. The number of pyridine rings is 1. The van der Waals surface area contributed by atoms with Crippen molar-refractivity contribution in [2.45, 2.75) is 32.5 Å². The lowest BCUT2D eigenvalue weighted by Gasteiger charge is -2.43. The summed E-state index contributed by atoms with van der Waals surface area (Å²) in [5.74, 6) is 0.397. The average molecular weight is 356 g/mol. The zero-order valence-electron chi connectivity index (χ0n) is 15.0. The predicted molar refractivity (Wildman–Crippen MR) is 94.6 cm³/mol. The molecule has 0 aliphatic carbocycles. The number of hydrogen-bond acceptors (Lipinski definition) is 5. The molecule has 2 fully saturated rings. The molecule has 0 bridgehead atoms. The zero-order valence-corrected chi connectivity index (χ0v) is 15.0. The van der Waals surface area contributed by atoms with Gasteiger partial charge in [-0.15, -0.1) is 0 Å². The molecule has 0 N–H and O–H groups in total. The van der Waals surface area contributed by atoms with E-state index in [0.717, 1.165) is 30.7 Å². The highest BCUT2D eigenvalue weighted by atomic mass is 16.5. The minimum atomic E-state index is -0.150. The second kappa shape index (κ2) is 7.21. The summed E-state index contributed by atoms with van der Waals surface area (Å²) in [6, 6.07) is 7.63. The van der Waals surface area contributed by atoms with Crippen LogP contribution in [0.2, 0.25) is 0 Å². The van der Waals surface area contributed by atoms with Crippen LogP contribution >= 0.6 is 0 Å². The number of furan rings is 1. The van der Waals surface area contributed by atoms with Gasteiger partial charge in [-0.1, -0.05) is 6.07 Å². The third kappa shape index (κ3) is 3.27. The van der Waals surface area contributed by atoms with Gasteiger partial charge < -0.3 is 18.8 Å². The molecular formula is C20H24N2O4. The third-order valence-electron chi connectivity index (χ3n) is 5.48. The minimum absolute atomic E-state index is 0.0399. The monoisotopic (exact) mass is 356 g/mol. The number of carbonyl (C=O) groups excluding carboxylic acids is 1. The van der Waals surface area contributed by atoms with Crippen molar-refractivity contribution in [1.82, 2.24) is 9.88 Å².